The van der Waals surface area contributed by atoms with Gasteiger partial charge in [-0.05, 0) is 30.4 Å². The monoisotopic (exact) mass is 315 g/mol. The summed E-state index contributed by atoms with van der Waals surface area (Å²) in [4.78, 5) is 0. The van der Waals surface area contributed by atoms with E-state index in [2.05, 4.69) is 55.5 Å². The van der Waals surface area contributed by atoms with Crippen molar-refractivity contribution in [3.63, 3.8) is 0 Å². The molecule has 2 N–H and O–H groups in total. The fourth-order valence-corrected chi connectivity index (χ4v) is 3.09. The molecular formula is C19H29N3O. The smallest absolute Gasteiger partial charge is 0.0669 e. The maximum atomic E-state index is 9.76. The van der Waals surface area contributed by atoms with Crippen LogP contribution in [0, 0.1) is 0 Å². The van der Waals surface area contributed by atoms with Crippen molar-refractivity contribution >= 4 is 0 Å². The molecule has 2 aromatic rings. The van der Waals surface area contributed by atoms with Crippen LogP contribution in [0.3, 0.4) is 0 Å². The van der Waals surface area contributed by atoms with Gasteiger partial charge in [0, 0.05) is 24.8 Å². The highest BCUT2D eigenvalue weighted by Crippen LogP contribution is 2.19. The lowest BCUT2D eigenvalue weighted by Crippen LogP contribution is -2.24. The van der Waals surface area contributed by atoms with E-state index in [1.54, 1.807) is 0 Å². The first-order valence-electron chi connectivity index (χ1n) is 8.61. The van der Waals surface area contributed by atoms with E-state index in [0.717, 1.165) is 37.1 Å². The first kappa shape index (κ1) is 17.7. The minimum atomic E-state index is -0.0458. The minimum absolute atomic E-state index is 0.0458. The molecule has 1 unspecified atom stereocenters. The Kier molecular flexibility index (Phi) is 6.37. The van der Waals surface area contributed by atoms with Crippen molar-refractivity contribution in [3.05, 3.63) is 52.3 Å². The number of rotatable bonds is 8. The third-order valence-corrected chi connectivity index (χ3v) is 4.53. The van der Waals surface area contributed by atoms with E-state index in [4.69, 9.17) is 0 Å². The Balaban J connectivity index is 2.14. The van der Waals surface area contributed by atoms with Gasteiger partial charge in [-0.1, -0.05) is 45.0 Å². The SMILES string of the molecule is CCc1ccc(C(CO)NCc2c(CC)nn(C)c2CC)cc1. The van der Waals surface area contributed by atoms with Crippen LogP contribution in [-0.4, -0.2) is 21.5 Å². The average molecular weight is 315 g/mol. The van der Waals surface area contributed by atoms with Crippen molar-refractivity contribution in [2.75, 3.05) is 6.61 Å². The first-order valence-corrected chi connectivity index (χ1v) is 8.61. The predicted octanol–water partition coefficient (Wildman–Crippen LogP) is 2.93. The molecule has 0 aliphatic rings. The molecule has 1 aromatic heterocycles. The van der Waals surface area contributed by atoms with Crippen molar-refractivity contribution in [1.82, 2.24) is 15.1 Å². The van der Waals surface area contributed by atoms with Gasteiger partial charge < -0.3 is 10.4 Å². The van der Waals surface area contributed by atoms with Gasteiger partial charge in [0.25, 0.3) is 0 Å². The van der Waals surface area contributed by atoms with Crippen LogP contribution in [0.4, 0.5) is 0 Å². The summed E-state index contributed by atoms with van der Waals surface area (Å²) in [5.74, 6) is 0. The standard InChI is InChI=1S/C19H29N3O/c1-5-14-8-10-15(11-9-14)18(13-23)20-12-16-17(6-2)21-22(4)19(16)7-3/h8-11,18,20,23H,5-7,12-13H2,1-4H3. The fraction of sp³-hybridized carbons (Fsp3) is 0.526. The number of aliphatic hydroxyl groups is 1. The zero-order chi connectivity index (χ0) is 16.8. The average Bonchev–Trinajstić information content (AvgIpc) is 2.90. The van der Waals surface area contributed by atoms with Crippen LogP contribution in [0.15, 0.2) is 24.3 Å². The van der Waals surface area contributed by atoms with Gasteiger partial charge >= 0.3 is 0 Å². The summed E-state index contributed by atoms with van der Waals surface area (Å²) < 4.78 is 1.99. The maximum absolute atomic E-state index is 9.76. The molecule has 2 rings (SSSR count). The number of aromatic nitrogens is 2. The highest BCUT2D eigenvalue weighted by Gasteiger charge is 2.16. The van der Waals surface area contributed by atoms with Crippen LogP contribution in [0.5, 0.6) is 0 Å². The van der Waals surface area contributed by atoms with Gasteiger partial charge in [0.05, 0.1) is 18.3 Å². The molecule has 0 aliphatic carbocycles. The molecule has 1 heterocycles. The molecule has 0 saturated heterocycles. The maximum Gasteiger partial charge on any atom is 0.0669 e. The lowest BCUT2D eigenvalue weighted by atomic mass is 10.0. The summed E-state index contributed by atoms with van der Waals surface area (Å²) >= 11 is 0. The van der Waals surface area contributed by atoms with E-state index in [-0.39, 0.29) is 12.6 Å². The molecule has 0 amide bonds. The molecule has 4 heteroatoms. The summed E-state index contributed by atoms with van der Waals surface area (Å²) in [5.41, 5.74) is 6.15. The second-order valence-electron chi connectivity index (χ2n) is 5.91. The Morgan fingerprint density at radius 2 is 1.78 bits per heavy atom. The Labute approximate surface area is 139 Å². The Morgan fingerprint density at radius 3 is 2.30 bits per heavy atom. The van der Waals surface area contributed by atoms with Crippen molar-refractivity contribution < 1.29 is 5.11 Å². The topological polar surface area (TPSA) is 50.1 Å². The molecule has 1 aromatic carbocycles. The molecule has 1 atom stereocenters. The number of nitrogens with one attached hydrogen (secondary N) is 1. The number of aliphatic hydroxyl groups excluding tert-OH is 1. The second-order valence-corrected chi connectivity index (χ2v) is 5.91. The lowest BCUT2D eigenvalue weighted by molar-refractivity contribution is 0.243. The van der Waals surface area contributed by atoms with Gasteiger partial charge in [0.1, 0.15) is 0 Å². The second kappa shape index (κ2) is 8.27. The highest BCUT2D eigenvalue weighted by molar-refractivity contribution is 5.28. The molecule has 23 heavy (non-hydrogen) atoms. The zero-order valence-electron chi connectivity index (χ0n) is 14.8. The van der Waals surface area contributed by atoms with E-state index in [9.17, 15) is 5.11 Å². The number of hydrogen-bond acceptors (Lipinski definition) is 3. The van der Waals surface area contributed by atoms with Crippen molar-refractivity contribution in [2.45, 2.75) is 52.6 Å². The van der Waals surface area contributed by atoms with Crippen LogP contribution in [0.1, 0.15) is 54.9 Å². The number of benzene rings is 1. The van der Waals surface area contributed by atoms with E-state index >= 15 is 0 Å². The van der Waals surface area contributed by atoms with Crippen LogP contribution in [0.25, 0.3) is 0 Å². The highest BCUT2D eigenvalue weighted by atomic mass is 16.3. The molecule has 0 spiro atoms. The van der Waals surface area contributed by atoms with Crippen molar-refractivity contribution in [3.8, 4) is 0 Å². The normalized spacial score (nSPS) is 12.6. The van der Waals surface area contributed by atoms with Crippen LogP contribution in [-0.2, 0) is 32.9 Å². The number of nitrogens with zero attached hydrogens (tertiary/aromatic N) is 2. The van der Waals surface area contributed by atoms with E-state index < -0.39 is 0 Å². The van der Waals surface area contributed by atoms with Crippen LogP contribution >= 0.6 is 0 Å². The van der Waals surface area contributed by atoms with Gasteiger partial charge in [0.2, 0.25) is 0 Å². The van der Waals surface area contributed by atoms with E-state index in [1.165, 1.54) is 16.8 Å². The Bertz CT molecular complexity index is 616. The predicted molar refractivity (Wildman–Crippen MR) is 94.5 cm³/mol. The molecule has 0 bridgehead atoms. The third kappa shape index (κ3) is 4.01. The molecule has 4 nitrogen and oxygen atoms in total. The molecule has 0 aliphatic heterocycles. The summed E-state index contributed by atoms with van der Waals surface area (Å²) in [6.45, 7) is 7.28. The molecular weight excluding hydrogens is 286 g/mol. The Morgan fingerprint density at radius 1 is 1.09 bits per heavy atom. The molecule has 0 fully saturated rings. The molecule has 0 saturated carbocycles. The lowest BCUT2D eigenvalue weighted by Gasteiger charge is -2.18. The van der Waals surface area contributed by atoms with Gasteiger partial charge in [-0.15, -0.1) is 0 Å². The summed E-state index contributed by atoms with van der Waals surface area (Å²) in [6, 6.07) is 8.45. The summed E-state index contributed by atoms with van der Waals surface area (Å²) in [6.07, 6.45) is 2.93. The fourth-order valence-electron chi connectivity index (χ4n) is 3.09. The first-order chi connectivity index (χ1) is 11.1. The van der Waals surface area contributed by atoms with Crippen LogP contribution < -0.4 is 5.32 Å². The van der Waals surface area contributed by atoms with Gasteiger partial charge in [-0.25, -0.2) is 0 Å². The van der Waals surface area contributed by atoms with E-state index in [1.807, 2.05) is 11.7 Å². The van der Waals surface area contributed by atoms with Crippen molar-refractivity contribution in [2.24, 2.45) is 7.05 Å². The van der Waals surface area contributed by atoms with Gasteiger partial charge in [-0.2, -0.15) is 5.10 Å². The minimum Gasteiger partial charge on any atom is -0.394 e. The quantitative estimate of drug-likeness (QED) is 0.787. The molecule has 0 radical (unpaired) electrons. The zero-order valence-corrected chi connectivity index (χ0v) is 14.8. The largest absolute Gasteiger partial charge is 0.394 e. The number of aryl methyl sites for hydroxylation is 3. The Hall–Kier alpha value is -1.65. The summed E-state index contributed by atoms with van der Waals surface area (Å²) in [7, 11) is 2.01. The van der Waals surface area contributed by atoms with Crippen molar-refractivity contribution in [1.29, 1.82) is 0 Å². The van der Waals surface area contributed by atoms with Crippen LogP contribution in [0.2, 0.25) is 0 Å². The van der Waals surface area contributed by atoms with E-state index in [0.29, 0.717) is 0 Å². The number of hydrogen-bond donors (Lipinski definition) is 2. The van der Waals surface area contributed by atoms with Gasteiger partial charge in [-0.3, -0.25) is 4.68 Å². The molecule has 126 valence electrons. The van der Waals surface area contributed by atoms with Gasteiger partial charge in [0.15, 0.2) is 0 Å². The summed E-state index contributed by atoms with van der Waals surface area (Å²) in [5, 5.41) is 17.9. The third-order valence-electron chi connectivity index (χ3n) is 4.53.